The number of aryl methyl sites for hydroxylation is 1. The molecule has 0 bridgehead atoms. The van der Waals surface area contributed by atoms with Crippen molar-refractivity contribution in [1.82, 2.24) is 0 Å². The lowest BCUT2D eigenvalue weighted by molar-refractivity contribution is 0.874. The Kier molecular flexibility index (Phi) is 4.24. The number of rotatable bonds is 5. The van der Waals surface area contributed by atoms with Crippen molar-refractivity contribution in [1.29, 1.82) is 0 Å². The first-order valence-corrected chi connectivity index (χ1v) is 5.30. The van der Waals surface area contributed by atoms with E-state index in [2.05, 4.69) is 49.6 Å². The van der Waals surface area contributed by atoms with Crippen LogP contribution in [-0.2, 0) is 6.42 Å². The Hall–Kier alpha value is -1.24. The lowest BCUT2D eigenvalue weighted by Gasteiger charge is -2.22. The molecule has 0 fully saturated rings. The quantitative estimate of drug-likeness (QED) is 0.684. The normalized spacial score (nSPS) is 9.86. The minimum Gasteiger partial charge on any atom is -0.348 e. The number of hydrogen-bond donors (Lipinski definition) is 0. The van der Waals surface area contributed by atoms with Crippen LogP contribution in [0.15, 0.2) is 37.0 Å². The topological polar surface area (TPSA) is 3.24 Å². The predicted octanol–water partition coefficient (Wildman–Crippen LogP) is 3.61. The highest BCUT2D eigenvalue weighted by molar-refractivity contribution is 5.55. The average molecular weight is 189 g/mol. The number of anilines is 1. The van der Waals surface area contributed by atoms with E-state index in [4.69, 9.17) is 0 Å². The highest BCUT2D eigenvalue weighted by Gasteiger charge is 2.04. The van der Waals surface area contributed by atoms with Crippen LogP contribution in [0.5, 0.6) is 0 Å². The van der Waals surface area contributed by atoms with Crippen molar-refractivity contribution in [2.24, 2.45) is 0 Å². The Bertz CT molecular complexity index is 291. The molecular formula is C13H19N. The van der Waals surface area contributed by atoms with Crippen LogP contribution in [0.3, 0.4) is 0 Å². The van der Waals surface area contributed by atoms with Crippen LogP contribution in [0, 0.1) is 0 Å². The fourth-order valence-electron chi connectivity index (χ4n) is 1.64. The Balaban J connectivity index is 2.95. The van der Waals surface area contributed by atoms with Crippen molar-refractivity contribution in [3.8, 4) is 0 Å². The van der Waals surface area contributed by atoms with E-state index in [1.165, 1.54) is 11.3 Å². The molecule has 76 valence electrons. The van der Waals surface area contributed by atoms with E-state index in [0.717, 1.165) is 19.4 Å². The van der Waals surface area contributed by atoms with Gasteiger partial charge in [-0.05, 0) is 30.7 Å². The molecule has 0 saturated heterocycles. The molecule has 0 atom stereocenters. The summed E-state index contributed by atoms with van der Waals surface area (Å²) in [5.74, 6) is 0. The second-order valence-corrected chi connectivity index (χ2v) is 3.36. The largest absolute Gasteiger partial charge is 0.348 e. The molecule has 0 aliphatic carbocycles. The Morgan fingerprint density at radius 1 is 1.29 bits per heavy atom. The first-order chi connectivity index (χ1) is 6.83. The SMILES string of the molecule is C=CN(CCC)c1ccccc1CC. The zero-order valence-corrected chi connectivity index (χ0v) is 9.16. The van der Waals surface area contributed by atoms with Gasteiger partial charge in [-0.3, -0.25) is 0 Å². The zero-order chi connectivity index (χ0) is 10.4. The van der Waals surface area contributed by atoms with Crippen molar-refractivity contribution >= 4 is 5.69 Å². The van der Waals surface area contributed by atoms with E-state index >= 15 is 0 Å². The molecule has 0 unspecified atom stereocenters. The van der Waals surface area contributed by atoms with Gasteiger partial charge >= 0.3 is 0 Å². The average Bonchev–Trinajstić information content (AvgIpc) is 2.26. The minimum absolute atomic E-state index is 1.04. The van der Waals surface area contributed by atoms with Gasteiger partial charge in [-0.15, -0.1) is 0 Å². The van der Waals surface area contributed by atoms with Crippen molar-refractivity contribution in [2.75, 3.05) is 11.4 Å². The van der Waals surface area contributed by atoms with E-state index in [1.54, 1.807) is 0 Å². The summed E-state index contributed by atoms with van der Waals surface area (Å²) in [6, 6.07) is 8.52. The van der Waals surface area contributed by atoms with Crippen LogP contribution in [-0.4, -0.2) is 6.54 Å². The van der Waals surface area contributed by atoms with Crippen molar-refractivity contribution < 1.29 is 0 Å². The maximum Gasteiger partial charge on any atom is 0.0438 e. The second kappa shape index (κ2) is 5.48. The lowest BCUT2D eigenvalue weighted by Crippen LogP contribution is -2.17. The smallest absolute Gasteiger partial charge is 0.0438 e. The summed E-state index contributed by atoms with van der Waals surface area (Å²) in [5.41, 5.74) is 2.69. The highest BCUT2D eigenvalue weighted by atomic mass is 15.1. The third-order valence-electron chi connectivity index (χ3n) is 2.37. The van der Waals surface area contributed by atoms with Crippen LogP contribution in [0.4, 0.5) is 5.69 Å². The van der Waals surface area contributed by atoms with E-state index in [-0.39, 0.29) is 0 Å². The predicted molar refractivity (Wildman–Crippen MR) is 63.7 cm³/mol. The first-order valence-electron chi connectivity index (χ1n) is 5.30. The summed E-state index contributed by atoms with van der Waals surface area (Å²) in [6.07, 6.45) is 4.13. The molecule has 0 heterocycles. The lowest BCUT2D eigenvalue weighted by atomic mass is 10.1. The molecule has 0 aliphatic heterocycles. The van der Waals surface area contributed by atoms with Crippen LogP contribution in [0.2, 0.25) is 0 Å². The summed E-state index contributed by atoms with van der Waals surface area (Å²) in [5, 5.41) is 0. The van der Waals surface area contributed by atoms with Crippen LogP contribution < -0.4 is 4.90 Å². The standard InChI is InChI=1S/C13H19N/c1-4-11-14(6-3)13-10-8-7-9-12(13)5-2/h6-10H,3-5,11H2,1-2H3. The van der Waals surface area contributed by atoms with Gasteiger partial charge in [0.2, 0.25) is 0 Å². The van der Waals surface area contributed by atoms with Gasteiger partial charge in [0.15, 0.2) is 0 Å². The minimum atomic E-state index is 1.04. The van der Waals surface area contributed by atoms with Gasteiger partial charge in [-0.1, -0.05) is 38.6 Å². The number of para-hydroxylation sites is 1. The van der Waals surface area contributed by atoms with Crippen molar-refractivity contribution in [3.63, 3.8) is 0 Å². The molecule has 1 aromatic carbocycles. The molecular weight excluding hydrogens is 170 g/mol. The molecule has 0 aliphatic rings. The first kappa shape index (κ1) is 10.8. The Labute approximate surface area is 87.1 Å². The molecule has 0 radical (unpaired) electrons. The highest BCUT2D eigenvalue weighted by Crippen LogP contribution is 2.21. The fraction of sp³-hybridized carbons (Fsp3) is 0.385. The van der Waals surface area contributed by atoms with Gasteiger partial charge in [-0.25, -0.2) is 0 Å². The van der Waals surface area contributed by atoms with Gasteiger partial charge in [0.25, 0.3) is 0 Å². The molecule has 1 aromatic rings. The van der Waals surface area contributed by atoms with Crippen LogP contribution in [0.25, 0.3) is 0 Å². The van der Waals surface area contributed by atoms with E-state index in [9.17, 15) is 0 Å². The third kappa shape index (κ3) is 2.38. The van der Waals surface area contributed by atoms with Crippen LogP contribution >= 0.6 is 0 Å². The molecule has 0 amide bonds. The number of nitrogens with zero attached hydrogens (tertiary/aromatic N) is 1. The summed E-state index contributed by atoms with van der Waals surface area (Å²) in [6.45, 7) is 9.27. The van der Waals surface area contributed by atoms with Crippen LogP contribution in [0.1, 0.15) is 25.8 Å². The summed E-state index contributed by atoms with van der Waals surface area (Å²) < 4.78 is 0. The molecule has 1 heteroatoms. The van der Waals surface area contributed by atoms with Crippen molar-refractivity contribution in [2.45, 2.75) is 26.7 Å². The maximum absolute atomic E-state index is 3.86. The molecule has 1 rings (SSSR count). The second-order valence-electron chi connectivity index (χ2n) is 3.36. The summed E-state index contributed by atoms with van der Waals surface area (Å²) >= 11 is 0. The van der Waals surface area contributed by atoms with E-state index in [1.807, 2.05) is 6.20 Å². The summed E-state index contributed by atoms with van der Waals surface area (Å²) in [4.78, 5) is 2.22. The maximum atomic E-state index is 3.86. The molecule has 1 nitrogen and oxygen atoms in total. The molecule has 0 spiro atoms. The van der Waals surface area contributed by atoms with E-state index < -0.39 is 0 Å². The molecule has 0 aromatic heterocycles. The van der Waals surface area contributed by atoms with Gasteiger partial charge < -0.3 is 4.90 Å². The van der Waals surface area contributed by atoms with Crippen molar-refractivity contribution in [3.05, 3.63) is 42.6 Å². The Morgan fingerprint density at radius 2 is 2.00 bits per heavy atom. The van der Waals surface area contributed by atoms with Gasteiger partial charge in [0.1, 0.15) is 0 Å². The monoisotopic (exact) mass is 189 g/mol. The molecule has 0 N–H and O–H groups in total. The third-order valence-corrected chi connectivity index (χ3v) is 2.37. The molecule has 14 heavy (non-hydrogen) atoms. The number of hydrogen-bond acceptors (Lipinski definition) is 1. The fourth-order valence-corrected chi connectivity index (χ4v) is 1.64. The van der Waals surface area contributed by atoms with Gasteiger partial charge in [-0.2, -0.15) is 0 Å². The zero-order valence-electron chi connectivity index (χ0n) is 9.16. The van der Waals surface area contributed by atoms with E-state index in [0.29, 0.717) is 0 Å². The van der Waals surface area contributed by atoms with Gasteiger partial charge in [0.05, 0.1) is 0 Å². The van der Waals surface area contributed by atoms with Gasteiger partial charge in [0, 0.05) is 12.2 Å². The Morgan fingerprint density at radius 3 is 2.57 bits per heavy atom. The molecule has 0 saturated carbocycles. The summed E-state index contributed by atoms with van der Waals surface area (Å²) in [7, 11) is 0. The number of benzene rings is 1.